The van der Waals surface area contributed by atoms with Crippen molar-refractivity contribution in [1.29, 1.82) is 0 Å². The maximum atomic E-state index is 9.73. The Labute approximate surface area is 95.3 Å². The van der Waals surface area contributed by atoms with Crippen molar-refractivity contribution in [2.45, 2.75) is 26.6 Å². The highest BCUT2D eigenvalue weighted by molar-refractivity contribution is 5.87. The van der Waals surface area contributed by atoms with Gasteiger partial charge in [-0.25, -0.2) is 0 Å². The summed E-state index contributed by atoms with van der Waals surface area (Å²) in [7, 11) is 1.99. The summed E-state index contributed by atoms with van der Waals surface area (Å²) in [5.74, 6) is 0.323. The number of fused-ring (bicyclic) bond motifs is 1. The number of benzene rings is 1. The van der Waals surface area contributed by atoms with Crippen LogP contribution in [0.15, 0.2) is 24.3 Å². The van der Waals surface area contributed by atoms with Crippen LogP contribution in [0.5, 0.6) is 5.75 Å². The lowest BCUT2D eigenvalue weighted by molar-refractivity contribution is 0.0624. The molecule has 1 heterocycles. The van der Waals surface area contributed by atoms with Crippen LogP contribution >= 0.6 is 0 Å². The van der Waals surface area contributed by atoms with Crippen LogP contribution in [-0.2, 0) is 18.4 Å². The van der Waals surface area contributed by atoms with Crippen molar-refractivity contribution >= 4 is 10.9 Å². The van der Waals surface area contributed by atoms with E-state index < -0.39 is 0 Å². The van der Waals surface area contributed by atoms with Gasteiger partial charge in [0.2, 0.25) is 0 Å². The van der Waals surface area contributed by atoms with Crippen LogP contribution in [0, 0.1) is 0 Å². The molecule has 0 aliphatic carbocycles. The lowest BCUT2D eigenvalue weighted by atomic mass is 10.2. The van der Waals surface area contributed by atoms with Gasteiger partial charge in [0.1, 0.15) is 5.75 Å². The van der Waals surface area contributed by atoms with E-state index in [9.17, 15) is 5.11 Å². The number of aryl methyl sites for hydroxylation is 1. The summed E-state index contributed by atoms with van der Waals surface area (Å²) < 4.78 is 7.63. The summed E-state index contributed by atoms with van der Waals surface area (Å²) in [5, 5.41) is 10.6. The second-order valence-electron chi connectivity index (χ2n) is 4.26. The molecule has 3 nitrogen and oxygen atoms in total. The second kappa shape index (κ2) is 4.18. The quantitative estimate of drug-likeness (QED) is 0.861. The molecule has 0 fully saturated rings. The van der Waals surface area contributed by atoms with Crippen molar-refractivity contribution in [3.05, 3.63) is 30.0 Å². The van der Waals surface area contributed by atoms with Crippen LogP contribution in [0.1, 0.15) is 19.5 Å². The Morgan fingerprint density at radius 3 is 2.75 bits per heavy atom. The topological polar surface area (TPSA) is 34.4 Å². The van der Waals surface area contributed by atoms with Gasteiger partial charge in [0.05, 0.1) is 18.2 Å². The molecule has 1 N–H and O–H groups in total. The molecule has 0 amide bonds. The third kappa shape index (κ3) is 1.91. The highest BCUT2D eigenvalue weighted by atomic mass is 16.5. The van der Waals surface area contributed by atoms with E-state index >= 15 is 0 Å². The monoisotopic (exact) mass is 219 g/mol. The highest BCUT2D eigenvalue weighted by Gasteiger charge is 2.08. The number of aromatic nitrogens is 1. The molecule has 0 atom stereocenters. The molecule has 1 aromatic heterocycles. The first kappa shape index (κ1) is 11.0. The molecule has 0 unspecified atom stereocenters. The summed E-state index contributed by atoms with van der Waals surface area (Å²) in [5.41, 5.74) is 2.10. The van der Waals surface area contributed by atoms with Crippen LogP contribution in [0.2, 0.25) is 0 Å². The molecule has 0 radical (unpaired) electrons. The lowest BCUT2D eigenvalue weighted by Crippen LogP contribution is -2.05. The van der Waals surface area contributed by atoms with Crippen molar-refractivity contribution in [1.82, 2.24) is 4.57 Å². The molecule has 3 heteroatoms. The minimum Gasteiger partial charge on any atom is -0.507 e. The Hall–Kier alpha value is -1.48. The van der Waals surface area contributed by atoms with Crippen molar-refractivity contribution in [3.8, 4) is 5.75 Å². The SMILES string of the molecule is CC(C)OCc1cc2c(O)cccc2n1C. The second-order valence-corrected chi connectivity index (χ2v) is 4.26. The van der Waals surface area contributed by atoms with E-state index in [1.54, 1.807) is 6.07 Å². The first-order valence-electron chi connectivity index (χ1n) is 5.47. The van der Waals surface area contributed by atoms with Gasteiger partial charge in [-0.1, -0.05) is 6.07 Å². The maximum Gasteiger partial charge on any atom is 0.124 e. The van der Waals surface area contributed by atoms with Gasteiger partial charge in [-0.05, 0) is 32.0 Å². The van der Waals surface area contributed by atoms with Gasteiger partial charge >= 0.3 is 0 Å². The molecule has 0 bridgehead atoms. The molecular formula is C13H17NO2. The molecule has 0 spiro atoms. The van der Waals surface area contributed by atoms with Gasteiger partial charge in [0, 0.05) is 18.1 Å². The third-order valence-corrected chi connectivity index (χ3v) is 2.73. The average Bonchev–Trinajstić information content (AvgIpc) is 2.55. The van der Waals surface area contributed by atoms with Gasteiger partial charge in [0.25, 0.3) is 0 Å². The molecule has 16 heavy (non-hydrogen) atoms. The molecular weight excluding hydrogens is 202 g/mol. The highest BCUT2D eigenvalue weighted by Crippen LogP contribution is 2.27. The fraction of sp³-hybridized carbons (Fsp3) is 0.385. The molecule has 2 aromatic rings. The number of ether oxygens (including phenoxy) is 1. The normalized spacial score (nSPS) is 11.5. The van der Waals surface area contributed by atoms with Crippen LogP contribution in [-0.4, -0.2) is 15.8 Å². The first-order valence-corrected chi connectivity index (χ1v) is 5.47. The number of hydrogen-bond donors (Lipinski definition) is 1. The summed E-state index contributed by atoms with van der Waals surface area (Å²) in [4.78, 5) is 0. The third-order valence-electron chi connectivity index (χ3n) is 2.73. The zero-order chi connectivity index (χ0) is 11.7. The van der Waals surface area contributed by atoms with Gasteiger partial charge in [0.15, 0.2) is 0 Å². The van der Waals surface area contributed by atoms with Gasteiger partial charge in [-0.2, -0.15) is 0 Å². The fourth-order valence-corrected chi connectivity index (χ4v) is 1.79. The number of hydrogen-bond acceptors (Lipinski definition) is 2. The van der Waals surface area contributed by atoms with Crippen LogP contribution in [0.4, 0.5) is 0 Å². The van der Waals surface area contributed by atoms with Crippen molar-refractivity contribution in [2.75, 3.05) is 0 Å². The Balaban J connectivity index is 2.40. The van der Waals surface area contributed by atoms with E-state index in [2.05, 4.69) is 4.57 Å². The number of rotatable bonds is 3. The Kier molecular flexibility index (Phi) is 2.88. The zero-order valence-electron chi connectivity index (χ0n) is 9.90. The van der Waals surface area contributed by atoms with Gasteiger partial charge < -0.3 is 14.4 Å². The average molecular weight is 219 g/mol. The number of phenolic OH excluding ortho intramolecular Hbond substituents is 1. The lowest BCUT2D eigenvalue weighted by Gasteiger charge is -2.08. The number of aromatic hydroxyl groups is 1. The molecule has 2 rings (SSSR count). The molecule has 0 aliphatic heterocycles. The molecule has 0 aliphatic rings. The zero-order valence-corrected chi connectivity index (χ0v) is 9.90. The van der Waals surface area contributed by atoms with Crippen LogP contribution in [0.3, 0.4) is 0 Å². The van der Waals surface area contributed by atoms with E-state index in [0.29, 0.717) is 12.4 Å². The number of phenols is 1. The first-order chi connectivity index (χ1) is 7.59. The van der Waals surface area contributed by atoms with Gasteiger partial charge in [-0.3, -0.25) is 0 Å². The largest absolute Gasteiger partial charge is 0.507 e. The van der Waals surface area contributed by atoms with Crippen molar-refractivity contribution in [3.63, 3.8) is 0 Å². The van der Waals surface area contributed by atoms with E-state index in [1.165, 1.54) is 0 Å². The van der Waals surface area contributed by atoms with E-state index in [4.69, 9.17) is 4.74 Å². The van der Waals surface area contributed by atoms with E-state index in [1.807, 2.05) is 39.1 Å². The molecule has 86 valence electrons. The predicted octanol–water partition coefficient (Wildman–Crippen LogP) is 2.81. The predicted molar refractivity (Wildman–Crippen MR) is 64.5 cm³/mol. The Morgan fingerprint density at radius 2 is 2.12 bits per heavy atom. The minimum atomic E-state index is 0.214. The van der Waals surface area contributed by atoms with Crippen molar-refractivity contribution < 1.29 is 9.84 Å². The summed E-state index contributed by atoms with van der Waals surface area (Å²) in [6.07, 6.45) is 0.214. The molecule has 1 aromatic carbocycles. The van der Waals surface area contributed by atoms with Gasteiger partial charge in [-0.15, -0.1) is 0 Å². The minimum absolute atomic E-state index is 0.214. The Bertz CT molecular complexity index is 500. The van der Waals surface area contributed by atoms with Crippen molar-refractivity contribution in [2.24, 2.45) is 7.05 Å². The standard InChI is InChI=1S/C13H17NO2/c1-9(2)16-8-10-7-11-12(14(10)3)5-4-6-13(11)15/h4-7,9,15H,8H2,1-3H3. The Morgan fingerprint density at radius 1 is 1.38 bits per heavy atom. The summed E-state index contributed by atoms with van der Waals surface area (Å²) >= 11 is 0. The van der Waals surface area contributed by atoms with E-state index in [-0.39, 0.29) is 6.10 Å². The molecule has 0 saturated carbocycles. The van der Waals surface area contributed by atoms with Crippen LogP contribution < -0.4 is 0 Å². The maximum absolute atomic E-state index is 9.73. The molecule has 0 saturated heterocycles. The van der Waals surface area contributed by atoms with Crippen LogP contribution in [0.25, 0.3) is 10.9 Å². The number of nitrogens with zero attached hydrogens (tertiary/aromatic N) is 1. The summed E-state index contributed by atoms with van der Waals surface area (Å²) in [6.45, 7) is 4.60. The fourth-order valence-electron chi connectivity index (χ4n) is 1.79. The summed E-state index contributed by atoms with van der Waals surface area (Å²) in [6, 6.07) is 7.53. The van der Waals surface area contributed by atoms with E-state index in [0.717, 1.165) is 16.6 Å². The smallest absolute Gasteiger partial charge is 0.124 e.